The van der Waals surface area contributed by atoms with Gasteiger partial charge in [-0.15, -0.1) is 0 Å². The molecule has 23 heavy (non-hydrogen) atoms. The summed E-state index contributed by atoms with van der Waals surface area (Å²) in [6, 6.07) is 2.07. The largest absolute Gasteiger partial charge is 0.347 e. The minimum atomic E-state index is -0.134. The van der Waals surface area contributed by atoms with Crippen LogP contribution < -0.4 is 5.32 Å². The summed E-state index contributed by atoms with van der Waals surface area (Å²) in [6.45, 7) is 8.35. The lowest BCUT2D eigenvalue weighted by Gasteiger charge is -2.26. The number of aryl methyl sites for hydroxylation is 2. The highest BCUT2D eigenvalue weighted by Crippen LogP contribution is 2.44. The van der Waals surface area contributed by atoms with Crippen molar-refractivity contribution in [2.24, 2.45) is 5.92 Å². The van der Waals surface area contributed by atoms with Crippen molar-refractivity contribution in [1.82, 2.24) is 14.7 Å². The molecule has 1 N–H and O–H groups in total. The second-order valence-corrected chi connectivity index (χ2v) is 7.92. The van der Waals surface area contributed by atoms with E-state index in [1.54, 1.807) is 0 Å². The first kappa shape index (κ1) is 14.7. The SMILES string of the molecule is Cc1cc(C)n2cc(C3CC3)c(C(=O)NC(C)(C)C3CC3)c2n1. The number of nitrogens with one attached hydrogen (secondary N) is 1. The topological polar surface area (TPSA) is 46.4 Å². The summed E-state index contributed by atoms with van der Waals surface area (Å²) in [6.07, 6.45) is 6.93. The lowest BCUT2D eigenvalue weighted by molar-refractivity contribution is 0.0904. The van der Waals surface area contributed by atoms with Gasteiger partial charge in [0.05, 0.1) is 5.56 Å². The third kappa shape index (κ3) is 2.54. The van der Waals surface area contributed by atoms with Crippen molar-refractivity contribution in [3.8, 4) is 0 Å². The normalized spacial score (nSPS) is 18.4. The van der Waals surface area contributed by atoms with E-state index in [-0.39, 0.29) is 11.4 Å². The van der Waals surface area contributed by atoms with Crippen molar-refractivity contribution < 1.29 is 4.79 Å². The molecule has 1 amide bonds. The molecule has 2 fully saturated rings. The number of hydrogen-bond donors (Lipinski definition) is 1. The summed E-state index contributed by atoms with van der Waals surface area (Å²) in [5.41, 5.74) is 4.75. The molecule has 4 heteroatoms. The first-order valence-electron chi connectivity index (χ1n) is 8.68. The summed E-state index contributed by atoms with van der Waals surface area (Å²) in [4.78, 5) is 17.8. The summed E-state index contributed by atoms with van der Waals surface area (Å²) >= 11 is 0. The molecule has 0 atom stereocenters. The van der Waals surface area contributed by atoms with Crippen LogP contribution in [0.25, 0.3) is 5.65 Å². The van der Waals surface area contributed by atoms with E-state index in [2.05, 4.69) is 47.7 Å². The van der Waals surface area contributed by atoms with E-state index in [0.717, 1.165) is 22.6 Å². The molecule has 2 saturated carbocycles. The zero-order chi connectivity index (χ0) is 16.4. The van der Waals surface area contributed by atoms with Gasteiger partial charge in [-0.25, -0.2) is 4.98 Å². The Hall–Kier alpha value is -1.84. The van der Waals surface area contributed by atoms with Crippen LogP contribution in [0, 0.1) is 19.8 Å². The molecule has 122 valence electrons. The van der Waals surface area contributed by atoms with Gasteiger partial charge in [0.25, 0.3) is 5.91 Å². The van der Waals surface area contributed by atoms with Gasteiger partial charge in [0.2, 0.25) is 0 Å². The molecule has 0 bridgehead atoms. The van der Waals surface area contributed by atoms with Gasteiger partial charge in [-0.1, -0.05) is 0 Å². The summed E-state index contributed by atoms with van der Waals surface area (Å²) < 4.78 is 2.08. The minimum Gasteiger partial charge on any atom is -0.347 e. The summed E-state index contributed by atoms with van der Waals surface area (Å²) in [7, 11) is 0. The van der Waals surface area contributed by atoms with Crippen molar-refractivity contribution in [3.63, 3.8) is 0 Å². The number of carbonyl (C=O) groups is 1. The van der Waals surface area contributed by atoms with Gasteiger partial charge in [-0.2, -0.15) is 0 Å². The molecule has 2 aliphatic rings. The Labute approximate surface area is 137 Å². The fraction of sp³-hybridized carbons (Fsp3) is 0.579. The van der Waals surface area contributed by atoms with Gasteiger partial charge >= 0.3 is 0 Å². The number of hydrogen-bond acceptors (Lipinski definition) is 2. The molecule has 4 nitrogen and oxygen atoms in total. The minimum absolute atomic E-state index is 0.0452. The Kier molecular flexibility index (Phi) is 3.09. The van der Waals surface area contributed by atoms with Gasteiger partial charge in [-0.3, -0.25) is 4.79 Å². The number of rotatable bonds is 4. The van der Waals surface area contributed by atoms with E-state index in [1.807, 2.05) is 6.92 Å². The third-order valence-electron chi connectivity index (χ3n) is 5.37. The van der Waals surface area contributed by atoms with Crippen LogP contribution in [-0.4, -0.2) is 20.8 Å². The molecular formula is C19H25N3O. The molecule has 0 radical (unpaired) electrons. The predicted octanol–water partition coefficient (Wildman–Crippen LogP) is 3.75. The lowest BCUT2D eigenvalue weighted by Crippen LogP contribution is -2.45. The zero-order valence-electron chi connectivity index (χ0n) is 14.4. The van der Waals surface area contributed by atoms with E-state index >= 15 is 0 Å². The standard InChI is InChI=1S/C19H25N3O/c1-11-9-12(2)22-10-15(13-5-6-13)16(17(22)20-11)18(23)21-19(3,4)14-7-8-14/h9-10,13-14H,5-8H2,1-4H3,(H,21,23). The van der Waals surface area contributed by atoms with E-state index in [4.69, 9.17) is 0 Å². The zero-order valence-corrected chi connectivity index (χ0v) is 14.4. The first-order chi connectivity index (χ1) is 10.9. The van der Waals surface area contributed by atoms with Crippen molar-refractivity contribution >= 4 is 11.6 Å². The van der Waals surface area contributed by atoms with Crippen LogP contribution in [0.1, 0.15) is 72.8 Å². The highest BCUT2D eigenvalue weighted by atomic mass is 16.1. The molecule has 4 rings (SSSR count). The maximum Gasteiger partial charge on any atom is 0.255 e. The fourth-order valence-electron chi connectivity index (χ4n) is 3.66. The van der Waals surface area contributed by atoms with Gasteiger partial charge < -0.3 is 9.72 Å². The van der Waals surface area contributed by atoms with Gasteiger partial charge in [0.15, 0.2) is 0 Å². The monoisotopic (exact) mass is 311 g/mol. The van der Waals surface area contributed by atoms with Crippen LogP contribution in [0.2, 0.25) is 0 Å². The molecule has 2 aromatic rings. The van der Waals surface area contributed by atoms with Crippen LogP contribution in [0.3, 0.4) is 0 Å². The fourth-order valence-corrected chi connectivity index (χ4v) is 3.66. The summed E-state index contributed by atoms with van der Waals surface area (Å²) in [5.74, 6) is 1.19. The molecule has 0 aromatic carbocycles. The number of fused-ring (bicyclic) bond motifs is 1. The Balaban J connectivity index is 1.80. The van der Waals surface area contributed by atoms with Crippen LogP contribution in [0.5, 0.6) is 0 Å². The molecule has 0 aliphatic heterocycles. The van der Waals surface area contributed by atoms with E-state index in [9.17, 15) is 4.79 Å². The van der Waals surface area contributed by atoms with E-state index in [0.29, 0.717) is 11.8 Å². The van der Waals surface area contributed by atoms with Crippen LogP contribution in [0.15, 0.2) is 12.3 Å². The Morgan fingerprint density at radius 3 is 2.57 bits per heavy atom. The van der Waals surface area contributed by atoms with Crippen molar-refractivity contribution in [3.05, 3.63) is 34.8 Å². The summed E-state index contributed by atoms with van der Waals surface area (Å²) in [5, 5.41) is 3.28. The molecule has 2 aromatic heterocycles. The van der Waals surface area contributed by atoms with Crippen molar-refractivity contribution in [1.29, 1.82) is 0 Å². The maximum absolute atomic E-state index is 13.1. The lowest BCUT2D eigenvalue weighted by atomic mass is 9.97. The van der Waals surface area contributed by atoms with Gasteiger partial charge in [-0.05, 0) is 76.8 Å². The average Bonchev–Trinajstić information content (AvgIpc) is 3.33. The van der Waals surface area contributed by atoms with Crippen molar-refractivity contribution in [2.45, 2.75) is 64.8 Å². The van der Waals surface area contributed by atoms with Gasteiger partial charge in [0.1, 0.15) is 5.65 Å². The highest BCUT2D eigenvalue weighted by Gasteiger charge is 2.40. The maximum atomic E-state index is 13.1. The van der Waals surface area contributed by atoms with Crippen LogP contribution in [0.4, 0.5) is 0 Å². The number of carbonyl (C=O) groups excluding carboxylic acids is 1. The van der Waals surface area contributed by atoms with Crippen molar-refractivity contribution in [2.75, 3.05) is 0 Å². The molecule has 2 heterocycles. The van der Waals surface area contributed by atoms with Crippen LogP contribution >= 0.6 is 0 Å². The van der Waals surface area contributed by atoms with E-state index < -0.39 is 0 Å². The average molecular weight is 311 g/mol. The number of nitrogens with zero attached hydrogens (tertiary/aromatic N) is 2. The van der Waals surface area contributed by atoms with Gasteiger partial charge in [0, 0.05) is 23.1 Å². The van der Waals surface area contributed by atoms with E-state index in [1.165, 1.54) is 31.2 Å². The molecular weight excluding hydrogens is 286 g/mol. The Morgan fingerprint density at radius 1 is 1.26 bits per heavy atom. The molecule has 0 saturated heterocycles. The second-order valence-electron chi connectivity index (χ2n) is 7.92. The number of aromatic nitrogens is 2. The molecule has 2 aliphatic carbocycles. The second kappa shape index (κ2) is 4.83. The third-order valence-corrected chi connectivity index (χ3v) is 5.37. The molecule has 0 unspecified atom stereocenters. The predicted molar refractivity (Wildman–Crippen MR) is 90.9 cm³/mol. The first-order valence-corrected chi connectivity index (χ1v) is 8.68. The molecule has 0 spiro atoms. The Bertz CT molecular complexity index is 795. The Morgan fingerprint density at radius 2 is 1.96 bits per heavy atom. The smallest absolute Gasteiger partial charge is 0.255 e. The van der Waals surface area contributed by atoms with Crippen LogP contribution in [-0.2, 0) is 0 Å². The quantitative estimate of drug-likeness (QED) is 0.935. The highest BCUT2D eigenvalue weighted by molar-refractivity contribution is 6.02. The number of amides is 1.